The van der Waals surface area contributed by atoms with Crippen molar-refractivity contribution in [3.8, 4) is 21.0 Å². The summed E-state index contributed by atoms with van der Waals surface area (Å²) in [6.07, 6.45) is 3.27. The number of aromatic nitrogens is 5. The highest BCUT2D eigenvalue weighted by Crippen LogP contribution is 2.34. The third-order valence-corrected chi connectivity index (χ3v) is 4.14. The summed E-state index contributed by atoms with van der Waals surface area (Å²) in [5.41, 5.74) is 3.07. The fraction of sp³-hybridized carbons (Fsp3) is 0.182. The van der Waals surface area contributed by atoms with Gasteiger partial charge in [-0.1, -0.05) is 8.98 Å². The molecule has 6 nitrogen and oxygen atoms in total. The van der Waals surface area contributed by atoms with Crippen molar-refractivity contribution in [2.24, 2.45) is 0 Å². The summed E-state index contributed by atoms with van der Waals surface area (Å²) in [7, 11) is 0. The SMILES string of the molecule is Cc1cc(C)[n+]([O-])c(-c2cnns2)c1-c1cnns1. The molecule has 3 rings (SSSR count). The molecule has 0 N–H and O–H groups in total. The Morgan fingerprint density at radius 2 is 1.68 bits per heavy atom. The van der Waals surface area contributed by atoms with E-state index in [1.807, 2.05) is 13.0 Å². The molecule has 19 heavy (non-hydrogen) atoms. The molecular formula is C11H9N5OS2. The Labute approximate surface area is 117 Å². The van der Waals surface area contributed by atoms with Gasteiger partial charge in [0.2, 0.25) is 5.69 Å². The van der Waals surface area contributed by atoms with Gasteiger partial charge in [-0.3, -0.25) is 0 Å². The number of hydrogen-bond acceptors (Lipinski definition) is 7. The van der Waals surface area contributed by atoms with E-state index in [9.17, 15) is 5.21 Å². The van der Waals surface area contributed by atoms with E-state index in [4.69, 9.17) is 0 Å². The molecule has 3 aromatic rings. The molecular weight excluding hydrogens is 282 g/mol. The standard InChI is InChI=1S/C11H9N5OS2/c1-6-3-7(2)16(17)11(9-5-13-15-19-9)10(6)8-4-12-14-18-8/h3-5H,1-2H3. The Morgan fingerprint density at radius 3 is 2.26 bits per heavy atom. The third-order valence-electron chi connectivity index (χ3n) is 2.78. The topological polar surface area (TPSA) is 78.5 Å². The van der Waals surface area contributed by atoms with Gasteiger partial charge in [0.05, 0.1) is 22.8 Å². The summed E-state index contributed by atoms with van der Waals surface area (Å²) in [4.78, 5) is 1.61. The van der Waals surface area contributed by atoms with Gasteiger partial charge in [0, 0.05) is 13.0 Å². The molecule has 0 aliphatic rings. The molecule has 3 aromatic heterocycles. The molecule has 0 saturated heterocycles. The van der Waals surface area contributed by atoms with E-state index in [0.29, 0.717) is 11.4 Å². The average Bonchev–Trinajstić information content (AvgIpc) is 3.05. The van der Waals surface area contributed by atoms with Crippen molar-refractivity contribution in [3.63, 3.8) is 0 Å². The minimum absolute atomic E-state index is 0.568. The number of rotatable bonds is 2. The molecule has 0 atom stereocenters. The van der Waals surface area contributed by atoms with E-state index < -0.39 is 0 Å². The minimum atomic E-state index is 0.568. The summed E-state index contributed by atoms with van der Waals surface area (Å²) < 4.78 is 8.61. The molecule has 0 saturated carbocycles. The van der Waals surface area contributed by atoms with Crippen LogP contribution in [-0.2, 0) is 0 Å². The van der Waals surface area contributed by atoms with Gasteiger partial charge in [-0.25, -0.2) is 0 Å². The van der Waals surface area contributed by atoms with Gasteiger partial charge in [0.15, 0.2) is 5.69 Å². The Hall–Kier alpha value is -1.93. The van der Waals surface area contributed by atoms with Crippen LogP contribution in [0.4, 0.5) is 0 Å². The van der Waals surface area contributed by atoms with Crippen LogP contribution in [0.3, 0.4) is 0 Å². The summed E-state index contributed by atoms with van der Waals surface area (Å²) in [6.45, 7) is 3.76. The molecule has 0 aliphatic heterocycles. The van der Waals surface area contributed by atoms with E-state index in [-0.39, 0.29) is 0 Å². The maximum atomic E-state index is 12.4. The lowest BCUT2D eigenvalue weighted by atomic mass is 10.0. The first-order chi connectivity index (χ1) is 9.18. The predicted molar refractivity (Wildman–Crippen MR) is 72.7 cm³/mol. The largest absolute Gasteiger partial charge is 0.618 e. The van der Waals surface area contributed by atoms with Crippen LogP contribution >= 0.6 is 23.1 Å². The second-order valence-corrected chi connectivity index (χ2v) is 5.62. The van der Waals surface area contributed by atoms with Gasteiger partial charge in [0.1, 0.15) is 4.88 Å². The van der Waals surface area contributed by atoms with Crippen molar-refractivity contribution < 1.29 is 4.73 Å². The highest BCUT2D eigenvalue weighted by molar-refractivity contribution is 7.10. The van der Waals surface area contributed by atoms with Gasteiger partial charge >= 0.3 is 0 Å². The maximum absolute atomic E-state index is 12.4. The zero-order valence-corrected chi connectivity index (χ0v) is 11.8. The van der Waals surface area contributed by atoms with Crippen LogP contribution in [0.15, 0.2) is 18.5 Å². The van der Waals surface area contributed by atoms with Gasteiger partial charge in [-0.2, -0.15) is 4.73 Å². The molecule has 0 unspecified atom stereocenters. The van der Waals surface area contributed by atoms with Crippen molar-refractivity contribution in [2.45, 2.75) is 13.8 Å². The molecule has 0 spiro atoms. The van der Waals surface area contributed by atoms with Crippen molar-refractivity contribution in [1.29, 1.82) is 0 Å². The van der Waals surface area contributed by atoms with E-state index in [2.05, 4.69) is 19.2 Å². The lowest BCUT2D eigenvalue weighted by molar-refractivity contribution is -0.600. The van der Waals surface area contributed by atoms with Crippen molar-refractivity contribution in [3.05, 3.63) is 34.9 Å². The Bertz CT molecular complexity index is 709. The Kier molecular flexibility index (Phi) is 2.96. The Morgan fingerprint density at radius 1 is 1.05 bits per heavy atom. The normalized spacial score (nSPS) is 10.8. The molecule has 0 aromatic carbocycles. The zero-order valence-electron chi connectivity index (χ0n) is 10.2. The van der Waals surface area contributed by atoms with Gasteiger partial charge in [0.25, 0.3) is 0 Å². The van der Waals surface area contributed by atoms with Crippen LogP contribution in [-0.4, -0.2) is 19.2 Å². The molecule has 96 valence electrons. The van der Waals surface area contributed by atoms with E-state index >= 15 is 0 Å². The average molecular weight is 291 g/mol. The molecule has 0 amide bonds. The van der Waals surface area contributed by atoms with Crippen LogP contribution in [0, 0.1) is 19.1 Å². The number of hydrogen-bond donors (Lipinski definition) is 0. The third kappa shape index (κ3) is 1.98. The van der Waals surface area contributed by atoms with E-state index in [0.717, 1.165) is 25.6 Å². The van der Waals surface area contributed by atoms with Crippen LogP contribution in [0.5, 0.6) is 0 Å². The minimum Gasteiger partial charge on any atom is -0.618 e. The maximum Gasteiger partial charge on any atom is 0.246 e. The summed E-state index contributed by atoms with van der Waals surface area (Å²) in [6, 6.07) is 1.86. The number of pyridine rings is 1. The molecule has 0 bridgehead atoms. The van der Waals surface area contributed by atoms with Gasteiger partial charge < -0.3 is 5.21 Å². The van der Waals surface area contributed by atoms with Crippen molar-refractivity contribution in [2.75, 3.05) is 0 Å². The second-order valence-electron chi connectivity index (χ2n) is 4.05. The highest BCUT2D eigenvalue weighted by atomic mass is 32.1. The monoisotopic (exact) mass is 291 g/mol. The van der Waals surface area contributed by atoms with Crippen LogP contribution in [0.2, 0.25) is 0 Å². The fourth-order valence-corrected chi connectivity index (χ4v) is 3.17. The summed E-state index contributed by atoms with van der Waals surface area (Å²) in [5.74, 6) is 0. The van der Waals surface area contributed by atoms with Crippen LogP contribution in [0.1, 0.15) is 11.3 Å². The highest BCUT2D eigenvalue weighted by Gasteiger charge is 2.24. The van der Waals surface area contributed by atoms with Crippen molar-refractivity contribution in [1.82, 2.24) is 19.2 Å². The van der Waals surface area contributed by atoms with Crippen LogP contribution < -0.4 is 4.73 Å². The quantitative estimate of drug-likeness (QED) is 0.533. The molecule has 0 radical (unpaired) electrons. The fourth-order valence-electron chi connectivity index (χ4n) is 1.99. The first kappa shape index (κ1) is 12.1. The first-order valence-corrected chi connectivity index (χ1v) is 7.02. The lowest BCUT2D eigenvalue weighted by Gasteiger charge is -2.11. The summed E-state index contributed by atoms with van der Waals surface area (Å²) >= 11 is 2.47. The lowest BCUT2D eigenvalue weighted by Crippen LogP contribution is -2.33. The Balaban J connectivity index is 2.37. The molecule has 3 heterocycles. The number of nitrogens with zero attached hydrogens (tertiary/aromatic N) is 5. The first-order valence-electron chi connectivity index (χ1n) is 5.47. The second kappa shape index (κ2) is 4.63. The molecule has 0 aliphatic carbocycles. The van der Waals surface area contributed by atoms with E-state index in [1.54, 1.807) is 19.3 Å². The predicted octanol–water partition coefficient (Wildman–Crippen LogP) is 1.97. The zero-order chi connectivity index (χ0) is 13.4. The van der Waals surface area contributed by atoms with Gasteiger partial charge in [-0.05, 0) is 35.6 Å². The number of aryl methyl sites for hydroxylation is 2. The van der Waals surface area contributed by atoms with Crippen molar-refractivity contribution >= 4 is 23.1 Å². The van der Waals surface area contributed by atoms with E-state index in [1.165, 1.54) is 23.1 Å². The molecule has 8 heteroatoms. The van der Waals surface area contributed by atoms with Crippen LogP contribution in [0.25, 0.3) is 21.0 Å². The molecule has 0 fully saturated rings. The smallest absolute Gasteiger partial charge is 0.246 e. The summed E-state index contributed by atoms with van der Waals surface area (Å²) in [5, 5.41) is 20.0. The van der Waals surface area contributed by atoms with Gasteiger partial charge in [-0.15, -0.1) is 10.2 Å².